The predicted molar refractivity (Wildman–Crippen MR) is 57.7 cm³/mol. The number of carbonyl (C=O) groups is 1. The van der Waals surface area contributed by atoms with E-state index in [0.29, 0.717) is 19.3 Å². The number of esters is 1. The summed E-state index contributed by atoms with van der Waals surface area (Å²) in [5.41, 5.74) is 0. The second-order valence-corrected chi connectivity index (χ2v) is 3.80. The lowest BCUT2D eigenvalue weighted by molar-refractivity contribution is -0.152. The number of morpholine rings is 1. The number of nitrogens with zero attached hydrogens (tertiary/aromatic N) is 1. The van der Waals surface area contributed by atoms with Gasteiger partial charge in [0, 0.05) is 12.6 Å². The van der Waals surface area contributed by atoms with Gasteiger partial charge in [0.05, 0.1) is 19.8 Å². The molecule has 2 unspecified atom stereocenters. The van der Waals surface area contributed by atoms with Crippen LogP contribution in [0.4, 0.5) is 0 Å². The normalized spacial score (nSPS) is 24.9. The Morgan fingerprint density at radius 3 is 2.93 bits per heavy atom. The Kier molecular flexibility index (Phi) is 5.05. The van der Waals surface area contributed by atoms with Crippen LogP contribution in [0.5, 0.6) is 0 Å². The second kappa shape index (κ2) is 6.08. The van der Waals surface area contributed by atoms with E-state index >= 15 is 0 Å². The summed E-state index contributed by atoms with van der Waals surface area (Å²) in [6.07, 6.45) is 1.00. The Morgan fingerprint density at radius 2 is 2.33 bits per heavy atom. The first kappa shape index (κ1) is 12.5. The highest BCUT2D eigenvalue weighted by Gasteiger charge is 2.30. The van der Waals surface area contributed by atoms with Crippen LogP contribution in [0, 0.1) is 0 Å². The fourth-order valence-corrected chi connectivity index (χ4v) is 1.93. The van der Waals surface area contributed by atoms with Gasteiger partial charge in [-0.3, -0.25) is 9.69 Å². The molecule has 0 aromatic heterocycles. The van der Waals surface area contributed by atoms with E-state index in [1.807, 2.05) is 13.8 Å². The van der Waals surface area contributed by atoms with Gasteiger partial charge in [-0.15, -0.1) is 0 Å². The first-order chi connectivity index (χ1) is 7.20. The van der Waals surface area contributed by atoms with Crippen molar-refractivity contribution in [1.29, 1.82) is 0 Å². The molecule has 4 heteroatoms. The van der Waals surface area contributed by atoms with Crippen LogP contribution < -0.4 is 0 Å². The Balaban J connectivity index is 2.54. The van der Waals surface area contributed by atoms with Crippen molar-refractivity contribution in [3.05, 3.63) is 0 Å². The third kappa shape index (κ3) is 3.18. The summed E-state index contributed by atoms with van der Waals surface area (Å²) in [7, 11) is 0. The van der Waals surface area contributed by atoms with E-state index in [1.54, 1.807) is 0 Å². The molecule has 0 radical (unpaired) electrons. The van der Waals surface area contributed by atoms with E-state index in [-0.39, 0.29) is 12.0 Å². The maximum Gasteiger partial charge on any atom is 0.323 e. The van der Waals surface area contributed by atoms with Gasteiger partial charge in [-0.2, -0.15) is 0 Å². The molecule has 1 aliphatic rings. The molecule has 0 spiro atoms. The number of hydrogen-bond acceptors (Lipinski definition) is 4. The van der Waals surface area contributed by atoms with E-state index < -0.39 is 0 Å². The average molecular weight is 215 g/mol. The van der Waals surface area contributed by atoms with E-state index in [1.165, 1.54) is 0 Å². The smallest absolute Gasteiger partial charge is 0.323 e. The van der Waals surface area contributed by atoms with Gasteiger partial charge in [0.1, 0.15) is 6.04 Å². The zero-order valence-corrected chi connectivity index (χ0v) is 9.86. The lowest BCUT2D eigenvalue weighted by atomic mass is 10.1. The zero-order valence-electron chi connectivity index (χ0n) is 9.86. The van der Waals surface area contributed by atoms with Crippen LogP contribution in [0.25, 0.3) is 0 Å². The number of carbonyl (C=O) groups excluding carboxylic acids is 1. The minimum Gasteiger partial charge on any atom is -0.465 e. The standard InChI is InChI=1S/C11H21NO3/c1-4-10-8-14-7-6-12(10)9(3)11(13)15-5-2/h9-10H,4-8H2,1-3H3. The lowest BCUT2D eigenvalue weighted by Gasteiger charge is -2.38. The minimum atomic E-state index is -0.154. The van der Waals surface area contributed by atoms with E-state index in [2.05, 4.69) is 11.8 Å². The van der Waals surface area contributed by atoms with Crippen molar-refractivity contribution < 1.29 is 14.3 Å². The molecule has 1 heterocycles. The number of ether oxygens (including phenoxy) is 2. The van der Waals surface area contributed by atoms with E-state index in [9.17, 15) is 4.79 Å². The topological polar surface area (TPSA) is 38.8 Å². The third-order valence-electron chi connectivity index (χ3n) is 2.87. The fourth-order valence-electron chi connectivity index (χ4n) is 1.93. The van der Waals surface area contributed by atoms with Gasteiger partial charge >= 0.3 is 5.97 Å². The largest absolute Gasteiger partial charge is 0.465 e. The molecule has 4 nitrogen and oxygen atoms in total. The van der Waals surface area contributed by atoms with Gasteiger partial charge < -0.3 is 9.47 Å². The van der Waals surface area contributed by atoms with E-state index in [4.69, 9.17) is 9.47 Å². The zero-order chi connectivity index (χ0) is 11.3. The Bertz CT molecular complexity index is 208. The van der Waals surface area contributed by atoms with Crippen LogP contribution in [-0.4, -0.2) is 49.3 Å². The summed E-state index contributed by atoms with van der Waals surface area (Å²) in [6.45, 7) is 8.56. The molecule has 0 saturated carbocycles. The van der Waals surface area contributed by atoms with Crippen molar-refractivity contribution in [3.63, 3.8) is 0 Å². The Morgan fingerprint density at radius 1 is 1.60 bits per heavy atom. The molecule has 0 aliphatic carbocycles. The quantitative estimate of drug-likeness (QED) is 0.657. The maximum atomic E-state index is 11.6. The lowest BCUT2D eigenvalue weighted by Crippen LogP contribution is -2.52. The number of hydrogen-bond donors (Lipinski definition) is 0. The molecule has 0 aromatic carbocycles. The van der Waals surface area contributed by atoms with Crippen molar-refractivity contribution in [2.45, 2.75) is 39.3 Å². The molecule has 0 bridgehead atoms. The highest BCUT2D eigenvalue weighted by Crippen LogP contribution is 2.14. The van der Waals surface area contributed by atoms with Crippen LogP contribution in [0.15, 0.2) is 0 Å². The minimum absolute atomic E-state index is 0.127. The molecule has 0 aromatic rings. The maximum absolute atomic E-state index is 11.6. The van der Waals surface area contributed by atoms with Gasteiger partial charge in [-0.1, -0.05) is 6.92 Å². The summed E-state index contributed by atoms with van der Waals surface area (Å²) in [4.78, 5) is 13.8. The molecule has 2 atom stereocenters. The van der Waals surface area contributed by atoms with Crippen LogP contribution in [0.3, 0.4) is 0 Å². The Labute approximate surface area is 91.5 Å². The molecule has 1 saturated heterocycles. The highest BCUT2D eigenvalue weighted by molar-refractivity contribution is 5.75. The van der Waals surface area contributed by atoms with Crippen molar-refractivity contribution in [1.82, 2.24) is 4.90 Å². The van der Waals surface area contributed by atoms with Gasteiger partial charge in [-0.05, 0) is 20.3 Å². The first-order valence-corrected chi connectivity index (χ1v) is 5.70. The van der Waals surface area contributed by atoms with Crippen LogP contribution in [0.1, 0.15) is 27.2 Å². The number of rotatable bonds is 4. The molecule has 0 amide bonds. The fraction of sp³-hybridized carbons (Fsp3) is 0.909. The molecule has 1 fully saturated rings. The molecule has 1 rings (SSSR count). The van der Waals surface area contributed by atoms with Gasteiger partial charge in [0.25, 0.3) is 0 Å². The molecule has 0 N–H and O–H groups in total. The summed E-state index contributed by atoms with van der Waals surface area (Å²) < 4.78 is 10.4. The van der Waals surface area contributed by atoms with Crippen LogP contribution in [-0.2, 0) is 14.3 Å². The van der Waals surface area contributed by atoms with Gasteiger partial charge in [0.2, 0.25) is 0 Å². The third-order valence-corrected chi connectivity index (χ3v) is 2.87. The monoisotopic (exact) mass is 215 g/mol. The summed E-state index contributed by atoms with van der Waals surface area (Å²) in [5.74, 6) is -0.127. The molecule has 88 valence electrons. The molecular formula is C11H21NO3. The van der Waals surface area contributed by atoms with Crippen LogP contribution in [0.2, 0.25) is 0 Å². The van der Waals surface area contributed by atoms with Crippen molar-refractivity contribution in [2.75, 3.05) is 26.4 Å². The molecular weight excluding hydrogens is 194 g/mol. The van der Waals surface area contributed by atoms with E-state index in [0.717, 1.165) is 19.6 Å². The average Bonchev–Trinajstić information content (AvgIpc) is 2.28. The predicted octanol–water partition coefficient (Wildman–Crippen LogP) is 1.05. The first-order valence-electron chi connectivity index (χ1n) is 5.70. The summed E-state index contributed by atoms with van der Waals surface area (Å²) in [6, 6.07) is 0.192. The van der Waals surface area contributed by atoms with Crippen molar-refractivity contribution in [2.24, 2.45) is 0 Å². The summed E-state index contributed by atoms with van der Waals surface area (Å²) in [5, 5.41) is 0. The van der Waals surface area contributed by atoms with Gasteiger partial charge in [-0.25, -0.2) is 0 Å². The molecule has 1 aliphatic heterocycles. The van der Waals surface area contributed by atoms with Crippen molar-refractivity contribution in [3.8, 4) is 0 Å². The highest BCUT2D eigenvalue weighted by atomic mass is 16.5. The molecule has 15 heavy (non-hydrogen) atoms. The second-order valence-electron chi connectivity index (χ2n) is 3.80. The Hall–Kier alpha value is -0.610. The van der Waals surface area contributed by atoms with Crippen LogP contribution >= 0.6 is 0 Å². The SMILES string of the molecule is CCOC(=O)C(C)N1CCOCC1CC. The van der Waals surface area contributed by atoms with Crippen molar-refractivity contribution >= 4 is 5.97 Å². The summed E-state index contributed by atoms with van der Waals surface area (Å²) >= 11 is 0. The van der Waals surface area contributed by atoms with Gasteiger partial charge in [0.15, 0.2) is 0 Å².